The molecule has 3 heteroatoms. The number of esters is 1. The number of benzene rings is 2. The largest absolute Gasteiger partial charge is 0.449 e. The maximum atomic E-state index is 12.0. The van der Waals surface area contributed by atoms with Crippen LogP contribution in [0.1, 0.15) is 23.6 Å². The Balaban J connectivity index is 1.97. The molecular formula is C21H17NO2. The second kappa shape index (κ2) is 5.60. The summed E-state index contributed by atoms with van der Waals surface area (Å²) in [6, 6.07) is 20.3. The third kappa shape index (κ3) is 2.21. The number of carbonyl (C=O) groups is 1. The molecule has 0 N–H and O–H groups in total. The van der Waals surface area contributed by atoms with Crippen LogP contribution in [0.25, 0.3) is 11.1 Å². The Bertz CT molecular complexity index is 857. The van der Waals surface area contributed by atoms with Gasteiger partial charge in [-0.3, -0.25) is 9.78 Å². The third-order valence-corrected chi connectivity index (χ3v) is 4.53. The van der Waals surface area contributed by atoms with Crippen LogP contribution >= 0.6 is 0 Å². The van der Waals surface area contributed by atoms with Gasteiger partial charge in [-0.1, -0.05) is 48.5 Å². The van der Waals surface area contributed by atoms with Crippen LogP contribution in [0, 0.1) is 0 Å². The van der Waals surface area contributed by atoms with Crippen molar-refractivity contribution in [3.8, 4) is 11.1 Å². The molecular weight excluding hydrogens is 298 g/mol. The van der Waals surface area contributed by atoms with E-state index in [1.165, 1.54) is 6.92 Å². The zero-order valence-corrected chi connectivity index (χ0v) is 13.4. The van der Waals surface area contributed by atoms with Crippen LogP contribution in [0.4, 0.5) is 0 Å². The van der Waals surface area contributed by atoms with Crippen molar-refractivity contribution >= 4 is 5.97 Å². The summed E-state index contributed by atoms with van der Waals surface area (Å²) in [6.07, 6.45) is 4.12. The maximum absolute atomic E-state index is 12.0. The van der Waals surface area contributed by atoms with Crippen LogP contribution in [0.3, 0.4) is 0 Å². The van der Waals surface area contributed by atoms with Crippen molar-refractivity contribution in [3.63, 3.8) is 0 Å². The molecule has 4 rings (SSSR count). The van der Waals surface area contributed by atoms with E-state index >= 15 is 0 Å². The molecule has 0 bridgehead atoms. The molecule has 118 valence electrons. The van der Waals surface area contributed by atoms with Crippen LogP contribution in [0.15, 0.2) is 73.1 Å². The number of carbonyl (C=O) groups excluding carboxylic acids is 1. The van der Waals surface area contributed by atoms with E-state index in [4.69, 9.17) is 4.74 Å². The van der Waals surface area contributed by atoms with Gasteiger partial charge in [-0.2, -0.15) is 0 Å². The van der Waals surface area contributed by atoms with E-state index in [0.717, 1.165) is 27.8 Å². The van der Waals surface area contributed by atoms with E-state index in [2.05, 4.69) is 29.2 Å². The molecule has 1 aromatic heterocycles. The highest BCUT2D eigenvalue weighted by Crippen LogP contribution is 2.51. The number of fused-ring (bicyclic) bond motifs is 3. The lowest BCUT2D eigenvalue weighted by Crippen LogP contribution is -2.33. The number of nitrogens with zero attached hydrogens (tertiary/aromatic N) is 1. The molecule has 1 aliphatic rings. The average molecular weight is 315 g/mol. The summed E-state index contributed by atoms with van der Waals surface area (Å²) in [5.41, 5.74) is 4.63. The van der Waals surface area contributed by atoms with Gasteiger partial charge in [0.05, 0.1) is 0 Å². The molecule has 1 aliphatic carbocycles. The zero-order chi connectivity index (χ0) is 16.6. The molecule has 0 amide bonds. The first-order chi connectivity index (χ1) is 11.7. The van der Waals surface area contributed by atoms with Crippen LogP contribution in [0.5, 0.6) is 0 Å². The fourth-order valence-corrected chi connectivity index (χ4v) is 3.66. The van der Waals surface area contributed by atoms with E-state index in [1.54, 1.807) is 12.4 Å². The standard InChI is InChI=1S/C21H17NO2/c1-15(23)24-21(14-16-10-12-22-13-11-16)19-8-4-2-6-17(19)18-7-3-5-9-20(18)21/h2-13H,14H2,1H3. The Labute approximate surface area is 140 Å². The van der Waals surface area contributed by atoms with Crippen molar-refractivity contribution in [2.24, 2.45) is 0 Å². The fourth-order valence-electron chi connectivity index (χ4n) is 3.66. The topological polar surface area (TPSA) is 39.2 Å². The number of pyridine rings is 1. The van der Waals surface area contributed by atoms with Gasteiger partial charge in [0.2, 0.25) is 0 Å². The smallest absolute Gasteiger partial charge is 0.303 e. The molecule has 0 saturated carbocycles. The molecule has 0 aliphatic heterocycles. The van der Waals surface area contributed by atoms with E-state index in [-0.39, 0.29) is 5.97 Å². The highest BCUT2D eigenvalue weighted by molar-refractivity contribution is 5.82. The molecule has 3 aromatic rings. The lowest BCUT2D eigenvalue weighted by Gasteiger charge is -2.31. The fraction of sp³-hybridized carbons (Fsp3) is 0.143. The Morgan fingerprint density at radius 2 is 1.46 bits per heavy atom. The van der Waals surface area contributed by atoms with Crippen LogP contribution < -0.4 is 0 Å². The second-order valence-corrected chi connectivity index (χ2v) is 6.04. The molecule has 3 nitrogen and oxygen atoms in total. The van der Waals surface area contributed by atoms with Crippen molar-refractivity contribution in [2.45, 2.75) is 18.9 Å². The monoisotopic (exact) mass is 315 g/mol. The minimum atomic E-state index is -0.791. The number of ether oxygens (including phenoxy) is 1. The van der Waals surface area contributed by atoms with Crippen LogP contribution in [-0.4, -0.2) is 11.0 Å². The van der Waals surface area contributed by atoms with Gasteiger partial charge < -0.3 is 4.74 Å². The van der Waals surface area contributed by atoms with Crippen molar-refractivity contribution in [1.82, 2.24) is 4.98 Å². The maximum Gasteiger partial charge on any atom is 0.303 e. The summed E-state index contributed by atoms with van der Waals surface area (Å²) < 4.78 is 6.00. The van der Waals surface area contributed by atoms with Gasteiger partial charge in [-0.05, 0) is 28.8 Å². The number of hydrogen-bond donors (Lipinski definition) is 0. The number of hydrogen-bond acceptors (Lipinski definition) is 3. The molecule has 24 heavy (non-hydrogen) atoms. The van der Waals surface area contributed by atoms with Crippen molar-refractivity contribution in [3.05, 3.63) is 89.7 Å². The lowest BCUT2D eigenvalue weighted by atomic mass is 9.85. The predicted molar refractivity (Wildman–Crippen MR) is 92.4 cm³/mol. The van der Waals surface area contributed by atoms with Gasteiger partial charge in [0.1, 0.15) is 0 Å². The summed E-state index contributed by atoms with van der Waals surface area (Å²) in [4.78, 5) is 16.1. The summed E-state index contributed by atoms with van der Waals surface area (Å²) in [5, 5.41) is 0. The van der Waals surface area contributed by atoms with Gasteiger partial charge in [0, 0.05) is 36.9 Å². The van der Waals surface area contributed by atoms with Gasteiger partial charge >= 0.3 is 5.97 Å². The Morgan fingerprint density at radius 1 is 0.917 bits per heavy atom. The number of aromatic nitrogens is 1. The molecule has 1 heterocycles. The first kappa shape index (κ1) is 14.6. The van der Waals surface area contributed by atoms with E-state index in [0.29, 0.717) is 6.42 Å². The highest BCUT2D eigenvalue weighted by Gasteiger charge is 2.46. The minimum absolute atomic E-state index is 0.282. The Kier molecular flexibility index (Phi) is 3.42. The van der Waals surface area contributed by atoms with Crippen molar-refractivity contribution < 1.29 is 9.53 Å². The molecule has 0 fully saturated rings. The third-order valence-electron chi connectivity index (χ3n) is 4.53. The second-order valence-electron chi connectivity index (χ2n) is 6.04. The minimum Gasteiger partial charge on any atom is -0.449 e. The number of rotatable bonds is 3. The molecule has 0 saturated heterocycles. The van der Waals surface area contributed by atoms with Gasteiger partial charge in [0.15, 0.2) is 5.60 Å². The van der Waals surface area contributed by atoms with Gasteiger partial charge in [0.25, 0.3) is 0 Å². The Hall–Kier alpha value is -2.94. The molecule has 0 unspecified atom stereocenters. The lowest BCUT2D eigenvalue weighted by molar-refractivity contribution is -0.153. The quantitative estimate of drug-likeness (QED) is 0.683. The van der Waals surface area contributed by atoms with E-state index in [9.17, 15) is 4.79 Å². The van der Waals surface area contributed by atoms with E-state index < -0.39 is 5.60 Å². The van der Waals surface area contributed by atoms with Gasteiger partial charge in [-0.25, -0.2) is 0 Å². The van der Waals surface area contributed by atoms with Crippen molar-refractivity contribution in [2.75, 3.05) is 0 Å². The summed E-state index contributed by atoms with van der Waals surface area (Å²) >= 11 is 0. The molecule has 0 spiro atoms. The van der Waals surface area contributed by atoms with Crippen LogP contribution in [-0.2, 0) is 21.6 Å². The van der Waals surface area contributed by atoms with Crippen molar-refractivity contribution in [1.29, 1.82) is 0 Å². The molecule has 2 aromatic carbocycles. The van der Waals surface area contributed by atoms with Gasteiger partial charge in [-0.15, -0.1) is 0 Å². The zero-order valence-electron chi connectivity index (χ0n) is 13.4. The molecule has 0 atom stereocenters. The van der Waals surface area contributed by atoms with Crippen LogP contribution in [0.2, 0.25) is 0 Å². The summed E-state index contributed by atoms with van der Waals surface area (Å²) in [7, 11) is 0. The van der Waals surface area contributed by atoms with E-state index in [1.807, 2.05) is 36.4 Å². The summed E-state index contributed by atoms with van der Waals surface area (Å²) in [6.45, 7) is 1.47. The molecule has 0 radical (unpaired) electrons. The SMILES string of the molecule is CC(=O)OC1(Cc2ccncc2)c2ccccc2-c2ccccc21. The highest BCUT2D eigenvalue weighted by atomic mass is 16.6. The Morgan fingerprint density at radius 3 is 2.00 bits per heavy atom. The normalized spacial score (nSPS) is 13.9. The first-order valence-electron chi connectivity index (χ1n) is 7.98. The average Bonchev–Trinajstić information content (AvgIpc) is 2.86. The first-order valence-corrected chi connectivity index (χ1v) is 7.98. The summed E-state index contributed by atoms with van der Waals surface area (Å²) in [5.74, 6) is -0.282. The predicted octanol–water partition coefficient (Wildman–Crippen LogP) is 4.11.